The Hall–Kier alpha value is -3.25. The number of fused-ring (bicyclic) bond motifs is 2. The predicted octanol–water partition coefficient (Wildman–Crippen LogP) is 4.78. The molecule has 6 heteroatoms. The van der Waals surface area contributed by atoms with E-state index in [4.69, 9.17) is 0 Å². The van der Waals surface area contributed by atoms with Gasteiger partial charge in [-0.3, -0.25) is 19.4 Å². The summed E-state index contributed by atoms with van der Waals surface area (Å²) in [7, 11) is 0. The maximum atomic E-state index is 13.7. The Labute approximate surface area is 186 Å². The van der Waals surface area contributed by atoms with Crippen LogP contribution in [0, 0.1) is 12.7 Å². The zero-order valence-electron chi connectivity index (χ0n) is 18.2. The average Bonchev–Trinajstić information content (AvgIpc) is 3.31. The van der Waals surface area contributed by atoms with Crippen molar-refractivity contribution >= 4 is 28.3 Å². The van der Waals surface area contributed by atoms with Gasteiger partial charge in [0, 0.05) is 42.3 Å². The van der Waals surface area contributed by atoms with E-state index in [2.05, 4.69) is 16.0 Å². The van der Waals surface area contributed by atoms with Crippen LogP contribution < -0.4 is 0 Å². The number of hydrogen-bond acceptors (Lipinski definition) is 3. The van der Waals surface area contributed by atoms with E-state index in [-0.39, 0.29) is 17.6 Å². The number of aryl methyl sites for hydroxylation is 1. The van der Waals surface area contributed by atoms with Gasteiger partial charge in [-0.1, -0.05) is 18.2 Å². The van der Waals surface area contributed by atoms with Crippen molar-refractivity contribution in [3.8, 4) is 0 Å². The number of benzene rings is 2. The summed E-state index contributed by atoms with van der Waals surface area (Å²) in [5, 5.41) is 0.931. The van der Waals surface area contributed by atoms with E-state index < -0.39 is 0 Å². The number of aromatic amines is 1. The highest BCUT2D eigenvalue weighted by atomic mass is 19.1. The zero-order chi connectivity index (χ0) is 22.2. The molecule has 0 saturated carbocycles. The lowest BCUT2D eigenvalue weighted by molar-refractivity contribution is 0.0650. The van der Waals surface area contributed by atoms with Crippen LogP contribution in [0.1, 0.15) is 51.1 Å². The molecule has 0 bridgehead atoms. The van der Waals surface area contributed by atoms with Crippen LogP contribution in [0.5, 0.6) is 0 Å². The average molecular weight is 432 g/mol. The van der Waals surface area contributed by atoms with Crippen LogP contribution in [0.2, 0.25) is 0 Å². The second-order valence-electron chi connectivity index (χ2n) is 8.64. The van der Waals surface area contributed by atoms with Crippen molar-refractivity contribution in [2.24, 2.45) is 0 Å². The van der Waals surface area contributed by atoms with Crippen molar-refractivity contribution in [1.29, 1.82) is 0 Å². The lowest BCUT2D eigenvalue weighted by Gasteiger charge is -2.26. The normalized spacial score (nSPS) is 16.7. The van der Waals surface area contributed by atoms with Crippen molar-refractivity contribution in [1.82, 2.24) is 14.8 Å². The minimum Gasteiger partial charge on any atom is -0.361 e. The van der Waals surface area contributed by atoms with E-state index in [0.717, 1.165) is 60.9 Å². The molecule has 32 heavy (non-hydrogen) atoms. The number of H-pyrrole nitrogens is 1. The van der Waals surface area contributed by atoms with Gasteiger partial charge in [-0.05, 0) is 68.1 Å². The zero-order valence-corrected chi connectivity index (χ0v) is 18.2. The molecule has 0 fully saturated rings. The summed E-state index contributed by atoms with van der Waals surface area (Å²) >= 11 is 0. The SMILES string of the molecule is Cc1cccc2c1C(=O)N(CCCCN1CC=C(c3c[nH]c4ccc(F)cc34)CC1)C2=O. The van der Waals surface area contributed by atoms with E-state index in [0.29, 0.717) is 17.7 Å². The van der Waals surface area contributed by atoms with Crippen LogP contribution in [0.25, 0.3) is 16.5 Å². The summed E-state index contributed by atoms with van der Waals surface area (Å²) in [6.45, 7) is 5.05. The number of nitrogens with one attached hydrogen (secondary N) is 1. The number of amides is 2. The number of imide groups is 1. The van der Waals surface area contributed by atoms with E-state index in [9.17, 15) is 14.0 Å². The van der Waals surface area contributed by atoms with Crippen molar-refractivity contribution < 1.29 is 14.0 Å². The first kappa shape index (κ1) is 20.6. The Balaban J connectivity index is 1.14. The first-order chi connectivity index (χ1) is 15.5. The monoisotopic (exact) mass is 431 g/mol. The molecule has 0 unspecified atom stereocenters. The first-order valence-electron chi connectivity index (χ1n) is 11.2. The Morgan fingerprint density at radius 1 is 1.03 bits per heavy atom. The Morgan fingerprint density at radius 2 is 1.88 bits per heavy atom. The van der Waals surface area contributed by atoms with Gasteiger partial charge in [0.15, 0.2) is 0 Å². The maximum absolute atomic E-state index is 13.7. The largest absolute Gasteiger partial charge is 0.361 e. The summed E-state index contributed by atoms with van der Waals surface area (Å²) in [4.78, 5) is 32.2. The highest BCUT2D eigenvalue weighted by Gasteiger charge is 2.35. The molecule has 0 atom stereocenters. The standard InChI is InChI=1S/C26H26FN3O2/c1-17-5-4-6-20-24(17)26(32)30(25(20)31)12-3-2-11-29-13-9-18(10-14-29)22-16-28-23-8-7-19(27)15-21(22)23/h4-9,15-16,28H,2-3,10-14H2,1H3. The summed E-state index contributed by atoms with van der Waals surface area (Å²) in [6, 6.07) is 10.3. The van der Waals surface area contributed by atoms with Gasteiger partial charge in [0.25, 0.3) is 11.8 Å². The fraction of sp³-hybridized carbons (Fsp3) is 0.308. The summed E-state index contributed by atoms with van der Waals surface area (Å²) in [5.74, 6) is -0.553. The van der Waals surface area contributed by atoms with E-state index in [1.807, 2.05) is 25.3 Å². The molecule has 0 saturated heterocycles. The summed E-state index contributed by atoms with van der Waals surface area (Å²) in [5.41, 5.74) is 5.23. The third kappa shape index (κ3) is 3.65. The van der Waals surface area contributed by atoms with Gasteiger partial charge in [-0.2, -0.15) is 0 Å². The maximum Gasteiger partial charge on any atom is 0.261 e. The number of nitrogens with zero attached hydrogens (tertiary/aromatic N) is 2. The lowest BCUT2D eigenvalue weighted by atomic mass is 9.98. The number of carbonyl (C=O) groups excluding carboxylic acids is 2. The molecule has 0 radical (unpaired) electrons. The second-order valence-corrected chi connectivity index (χ2v) is 8.64. The predicted molar refractivity (Wildman–Crippen MR) is 123 cm³/mol. The van der Waals surface area contributed by atoms with Crippen LogP contribution in [0.15, 0.2) is 48.7 Å². The molecule has 5 rings (SSSR count). The highest BCUT2D eigenvalue weighted by molar-refractivity contribution is 6.22. The van der Waals surface area contributed by atoms with Crippen LogP contribution in [-0.4, -0.2) is 52.8 Å². The molecule has 2 aliphatic heterocycles. The molecule has 3 aromatic rings. The number of hydrogen-bond donors (Lipinski definition) is 1. The van der Waals surface area contributed by atoms with Crippen LogP contribution >= 0.6 is 0 Å². The van der Waals surface area contributed by atoms with Gasteiger partial charge in [0.1, 0.15) is 5.82 Å². The first-order valence-corrected chi connectivity index (χ1v) is 11.2. The molecule has 5 nitrogen and oxygen atoms in total. The van der Waals surface area contributed by atoms with Gasteiger partial charge >= 0.3 is 0 Å². The van der Waals surface area contributed by atoms with Crippen LogP contribution in [0.4, 0.5) is 4.39 Å². The third-order valence-corrected chi connectivity index (χ3v) is 6.60. The number of rotatable bonds is 6. The molecule has 3 heterocycles. The molecule has 1 aromatic heterocycles. The molecule has 2 aliphatic rings. The van der Waals surface area contributed by atoms with Gasteiger partial charge in [0.2, 0.25) is 0 Å². The number of aromatic nitrogens is 1. The minimum absolute atomic E-state index is 0.163. The topological polar surface area (TPSA) is 56.4 Å². The van der Waals surface area contributed by atoms with Crippen molar-refractivity contribution in [3.05, 3.63) is 76.7 Å². The fourth-order valence-electron chi connectivity index (χ4n) is 4.83. The molecule has 2 amide bonds. The molecular formula is C26H26FN3O2. The second kappa shape index (κ2) is 8.36. The number of unbranched alkanes of at least 4 members (excludes halogenated alkanes) is 1. The van der Waals surface area contributed by atoms with Gasteiger partial charge in [-0.25, -0.2) is 4.39 Å². The molecule has 1 N–H and O–H groups in total. The van der Waals surface area contributed by atoms with Crippen molar-refractivity contribution in [3.63, 3.8) is 0 Å². The minimum atomic E-state index is -0.218. The molecule has 0 aliphatic carbocycles. The smallest absolute Gasteiger partial charge is 0.261 e. The van der Waals surface area contributed by atoms with Gasteiger partial charge in [-0.15, -0.1) is 0 Å². The Kier molecular flexibility index (Phi) is 5.39. The third-order valence-electron chi connectivity index (χ3n) is 6.60. The quantitative estimate of drug-likeness (QED) is 0.451. The van der Waals surface area contributed by atoms with Crippen LogP contribution in [0.3, 0.4) is 0 Å². The Morgan fingerprint density at radius 3 is 2.66 bits per heavy atom. The fourth-order valence-corrected chi connectivity index (χ4v) is 4.83. The van der Waals surface area contributed by atoms with Gasteiger partial charge in [0.05, 0.1) is 11.1 Å². The Bertz CT molecular complexity index is 1240. The highest BCUT2D eigenvalue weighted by Crippen LogP contribution is 2.30. The molecular weight excluding hydrogens is 405 g/mol. The number of carbonyl (C=O) groups is 2. The van der Waals surface area contributed by atoms with E-state index >= 15 is 0 Å². The van der Waals surface area contributed by atoms with Crippen molar-refractivity contribution in [2.75, 3.05) is 26.2 Å². The summed E-state index contributed by atoms with van der Waals surface area (Å²) in [6.07, 6.45) is 6.83. The van der Waals surface area contributed by atoms with E-state index in [1.165, 1.54) is 16.5 Å². The number of halogens is 1. The molecule has 164 valence electrons. The van der Waals surface area contributed by atoms with Crippen molar-refractivity contribution in [2.45, 2.75) is 26.2 Å². The van der Waals surface area contributed by atoms with E-state index in [1.54, 1.807) is 18.2 Å². The lowest BCUT2D eigenvalue weighted by Crippen LogP contribution is -2.32. The van der Waals surface area contributed by atoms with Gasteiger partial charge < -0.3 is 4.98 Å². The van der Waals surface area contributed by atoms with Crippen LogP contribution in [-0.2, 0) is 0 Å². The summed E-state index contributed by atoms with van der Waals surface area (Å²) < 4.78 is 13.7. The molecule has 0 spiro atoms. The molecule has 2 aromatic carbocycles.